The van der Waals surface area contributed by atoms with Gasteiger partial charge in [0.05, 0.1) is 11.3 Å². The van der Waals surface area contributed by atoms with Crippen molar-refractivity contribution in [3.05, 3.63) is 29.6 Å². The van der Waals surface area contributed by atoms with Gasteiger partial charge in [-0.15, -0.1) is 11.6 Å². The highest BCUT2D eigenvalue weighted by molar-refractivity contribution is 6.20. The first-order valence-electron chi connectivity index (χ1n) is 3.99. The topological polar surface area (TPSA) is 56.0 Å². The summed E-state index contributed by atoms with van der Waals surface area (Å²) >= 11 is 5.80. The minimum Gasteiger partial charge on any atom is -0.366 e. The Morgan fingerprint density at radius 3 is 3.00 bits per heavy atom. The molecule has 0 aromatic carbocycles. The van der Waals surface area contributed by atoms with Gasteiger partial charge in [-0.05, 0) is 19.1 Å². The number of hydrogen-bond acceptors (Lipinski definition) is 2. The van der Waals surface area contributed by atoms with E-state index in [0.717, 1.165) is 0 Å². The van der Waals surface area contributed by atoms with Crippen molar-refractivity contribution >= 4 is 17.5 Å². The molecule has 2 N–H and O–H groups in total. The van der Waals surface area contributed by atoms with E-state index >= 15 is 0 Å². The number of primary amides is 1. The van der Waals surface area contributed by atoms with Gasteiger partial charge in [0.1, 0.15) is 0 Å². The summed E-state index contributed by atoms with van der Waals surface area (Å²) < 4.78 is 0. The first kappa shape index (κ1) is 9.99. The van der Waals surface area contributed by atoms with Crippen molar-refractivity contribution in [3.63, 3.8) is 0 Å². The Balaban J connectivity index is 2.98. The molecule has 70 valence electrons. The van der Waals surface area contributed by atoms with Gasteiger partial charge in [-0.25, -0.2) is 0 Å². The highest BCUT2D eigenvalue weighted by Gasteiger charge is 2.10. The lowest BCUT2D eigenvalue weighted by Crippen LogP contribution is -2.16. The Morgan fingerprint density at radius 2 is 2.46 bits per heavy atom. The van der Waals surface area contributed by atoms with Crippen LogP contribution in [0.1, 0.15) is 23.0 Å². The van der Waals surface area contributed by atoms with Crippen LogP contribution in [-0.2, 0) is 6.42 Å². The molecule has 1 amide bonds. The molecule has 3 nitrogen and oxygen atoms in total. The number of halogens is 1. The number of hydrogen-bond donors (Lipinski definition) is 1. The zero-order valence-electron chi connectivity index (χ0n) is 7.33. The van der Waals surface area contributed by atoms with Gasteiger partial charge in [-0.2, -0.15) is 0 Å². The molecule has 1 atom stereocenters. The average molecular weight is 199 g/mol. The third-order valence-electron chi connectivity index (χ3n) is 1.63. The molecule has 0 aliphatic heterocycles. The molecule has 0 fully saturated rings. The molecule has 0 aliphatic rings. The molecule has 0 spiro atoms. The minimum absolute atomic E-state index is 0.0481. The lowest BCUT2D eigenvalue weighted by atomic mass is 10.1. The normalized spacial score (nSPS) is 12.5. The molecule has 0 unspecified atom stereocenters. The molecule has 13 heavy (non-hydrogen) atoms. The van der Waals surface area contributed by atoms with Crippen LogP contribution >= 0.6 is 11.6 Å². The van der Waals surface area contributed by atoms with E-state index in [-0.39, 0.29) is 5.38 Å². The number of aromatic nitrogens is 1. The van der Waals surface area contributed by atoms with Crippen LogP contribution in [0.5, 0.6) is 0 Å². The Bertz CT molecular complexity index is 312. The molecule has 0 aliphatic carbocycles. The summed E-state index contributed by atoms with van der Waals surface area (Å²) in [6.45, 7) is 1.85. The number of amides is 1. The largest absolute Gasteiger partial charge is 0.366 e. The summed E-state index contributed by atoms with van der Waals surface area (Å²) in [5.41, 5.74) is 6.29. The first-order chi connectivity index (χ1) is 6.11. The molecule has 1 rings (SSSR count). The molecule has 1 heterocycles. The zero-order chi connectivity index (χ0) is 9.84. The summed E-state index contributed by atoms with van der Waals surface area (Å²) in [6.07, 6.45) is 2.18. The quantitative estimate of drug-likeness (QED) is 0.746. The van der Waals surface area contributed by atoms with E-state index < -0.39 is 5.91 Å². The molecule has 1 aromatic rings. The first-order valence-corrected chi connectivity index (χ1v) is 4.42. The van der Waals surface area contributed by atoms with Gasteiger partial charge in [0.2, 0.25) is 0 Å². The maximum Gasteiger partial charge on any atom is 0.250 e. The third-order valence-corrected chi connectivity index (χ3v) is 1.78. The number of pyridine rings is 1. The lowest BCUT2D eigenvalue weighted by Gasteiger charge is -2.05. The van der Waals surface area contributed by atoms with Crippen molar-refractivity contribution in [1.82, 2.24) is 4.98 Å². The predicted octanol–water partition coefficient (Wildman–Crippen LogP) is 1.35. The summed E-state index contributed by atoms with van der Waals surface area (Å²) in [5, 5.41) is -0.0481. The van der Waals surface area contributed by atoms with Crippen LogP contribution in [0.2, 0.25) is 0 Å². The number of carbonyl (C=O) groups is 1. The average Bonchev–Trinajstić information content (AvgIpc) is 2.03. The maximum atomic E-state index is 10.9. The van der Waals surface area contributed by atoms with Crippen molar-refractivity contribution in [3.8, 4) is 0 Å². The second-order valence-electron chi connectivity index (χ2n) is 2.85. The summed E-state index contributed by atoms with van der Waals surface area (Å²) in [5.74, 6) is -0.458. The van der Waals surface area contributed by atoms with Gasteiger partial charge in [0.15, 0.2) is 0 Å². The van der Waals surface area contributed by atoms with Crippen molar-refractivity contribution in [2.24, 2.45) is 5.73 Å². The van der Waals surface area contributed by atoms with Gasteiger partial charge < -0.3 is 5.73 Å². The van der Waals surface area contributed by atoms with E-state index in [1.54, 1.807) is 18.3 Å². The fourth-order valence-electron chi connectivity index (χ4n) is 1.09. The van der Waals surface area contributed by atoms with E-state index in [9.17, 15) is 4.79 Å². The lowest BCUT2D eigenvalue weighted by molar-refractivity contribution is 0.0999. The maximum absolute atomic E-state index is 10.9. The van der Waals surface area contributed by atoms with E-state index in [2.05, 4.69) is 4.98 Å². The molecular formula is C9H11ClN2O. The van der Waals surface area contributed by atoms with Crippen LogP contribution < -0.4 is 5.73 Å². The standard InChI is InChI=1S/C9H11ClN2O/c1-6(10)5-8-7(9(11)13)3-2-4-12-8/h2-4,6H,5H2,1H3,(H2,11,13)/t6-/m1/s1. The van der Waals surface area contributed by atoms with E-state index in [1.807, 2.05) is 6.92 Å². The molecule has 4 heteroatoms. The van der Waals surface area contributed by atoms with Crippen LogP contribution in [-0.4, -0.2) is 16.3 Å². The number of nitrogens with zero attached hydrogens (tertiary/aromatic N) is 1. The van der Waals surface area contributed by atoms with Gasteiger partial charge >= 0.3 is 0 Å². The summed E-state index contributed by atoms with van der Waals surface area (Å²) in [4.78, 5) is 15.0. The van der Waals surface area contributed by atoms with E-state index in [0.29, 0.717) is 17.7 Å². The second-order valence-corrected chi connectivity index (χ2v) is 3.59. The van der Waals surface area contributed by atoms with Crippen molar-refractivity contribution < 1.29 is 4.79 Å². The number of alkyl halides is 1. The zero-order valence-corrected chi connectivity index (χ0v) is 8.08. The van der Waals surface area contributed by atoms with Gasteiger partial charge in [0.25, 0.3) is 5.91 Å². The molecule has 0 radical (unpaired) electrons. The fraction of sp³-hybridized carbons (Fsp3) is 0.333. The number of carbonyl (C=O) groups excluding carboxylic acids is 1. The molecule has 1 aromatic heterocycles. The van der Waals surface area contributed by atoms with Crippen LogP contribution in [0.4, 0.5) is 0 Å². The smallest absolute Gasteiger partial charge is 0.250 e. The Labute approximate surface area is 81.9 Å². The predicted molar refractivity (Wildman–Crippen MR) is 51.8 cm³/mol. The molecule has 0 saturated carbocycles. The monoisotopic (exact) mass is 198 g/mol. The summed E-state index contributed by atoms with van der Waals surface area (Å²) in [7, 11) is 0. The Hall–Kier alpha value is -1.09. The summed E-state index contributed by atoms with van der Waals surface area (Å²) in [6, 6.07) is 3.34. The molecule has 0 saturated heterocycles. The number of rotatable bonds is 3. The van der Waals surface area contributed by atoms with Crippen LogP contribution in [0, 0.1) is 0 Å². The Morgan fingerprint density at radius 1 is 1.77 bits per heavy atom. The van der Waals surface area contributed by atoms with Gasteiger partial charge in [-0.3, -0.25) is 9.78 Å². The SMILES string of the molecule is C[C@@H](Cl)Cc1ncccc1C(N)=O. The van der Waals surface area contributed by atoms with Gasteiger partial charge in [-0.1, -0.05) is 0 Å². The van der Waals surface area contributed by atoms with Crippen LogP contribution in [0.3, 0.4) is 0 Å². The minimum atomic E-state index is -0.458. The van der Waals surface area contributed by atoms with E-state index in [1.165, 1.54) is 0 Å². The molecule has 0 bridgehead atoms. The van der Waals surface area contributed by atoms with Crippen molar-refractivity contribution in [1.29, 1.82) is 0 Å². The van der Waals surface area contributed by atoms with Crippen LogP contribution in [0.25, 0.3) is 0 Å². The number of nitrogens with two attached hydrogens (primary N) is 1. The van der Waals surface area contributed by atoms with Crippen molar-refractivity contribution in [2.45, 2.75) is 18.7 Å². The molecular weight excluding hydrogens is 188 g/mol. The van der Waals surface area contributed by atoms with Crippen molar-refractivity contribution in [2.75, 3.05) is 0 Å². The fourth-order valence-corrected chi connectivity index (χ4v) is 1.24. The third kappa shape index (κ3) is 2.70. The highest BCUT2D eigenvalue weighted by atomic mass is 35.5. The highest BCUT2D eigenvalue weighted by Crippen LogP contribution is 2.09. The van der Waals surface area contributed by atoms with Gasteiger partial charge in [0, 0.05) is 18.0 Å². The Kier molecular flexibility index (Phi) is 3.25. The second kappa shape index (κ2) is 4.23. The van der Waals surface area contributed by atoms with Crippen LogP contribution in [0.15, 0.2) is 18.3 Å². The van der Waals surface area contributed by atoms with E-state index in [4.69, 9.17) is 17.3 Å².